The van der Waals surface area contributed by atoms with Crippen LogP contribution in [0.15, 0.2) is 152 Å². The van der Waals surface area contributed by atoms with Gasteiger partial charge >= 0.3 is 0 Å². The predicted molar refractivity (Wildman–Crippen MR) is 296 cm³/mol. The number of phenolic OH excluding ortho intramolecular Hbond substituents is 1. The maximum atomic E-state index is 12.6. The van der Waals surface area contributed by atoms with Gasteiger partial charge in [0.05, 0.1) is 22.3 Å². The van der Waals surface area contributed by atoms with Crippen LogP contribution in [-0.4, -0.2) is 19.6 Å². The van der Waals surface area contributed by atoms with Crippen LogP contribution in [0.25, 0.3) is 83.9 Å². The Hall–Kier alpha value is -6.35. The molecule has 0 aliphatic rings. The molecule has 0 saturated carbocycles. The Balaban J connectivity index is 0.00000765. The van der Waals surface area contributed by atoms with Gasteiger partial charge in [0.15, 0.2) is 0 Å². The van der Waals surface area contributed by atoms with Gasteiger partial charge in [0, 0.05) is 45.4 Å². The van der Waals surface area contributed by atoms with Gasteiger partial charge in [0.2, 0.25) is 0 Å². The Bertz CT molecular complexity index is 3610. The van der Waals surface area contributed by atoms with Crippen molar-refractivity contribution in [1.82, 2.24) is 14.5 Å². The molecule has 0 aliphatic carbocycles. The van der Waals surface area contributed by atoms with Crippen molar-refractivity contribution < 1.29 is 33.0 Å². The number of aryl methyl sites for hydroxylation is 1. The normalized spacial score (nSPS) is 13.6. The van der Waals surface area contributed by atoms with E-state index in [1.807, 2.05) is 117 Å². The van der Waals surface area contributed by atoms with Gasteiger partial charge in [-0.05, 0) is 121 Å². The Morgan fingerprint density at radius 3 is 1.89 bits per heavy atom. The van der Waals surface area contributed by atoms with Crippen molar-refractivity contribution in [3.05, 3.63) is 191 Å². The number of hydrogen-bond donors (Lipinski definition) is 1. The average Bonchev–Trinajstić information content (AvgIpc) is 3.74. The molecule has 0 radical (unpaired) electrons. The summed E-state index contributed by atoms with van der Waals surface area (Å²) in [7, 11) is 0. The van der Waals surface area contributed by atoms with Crippen LogP contribution in [-0.2, 0) is 31.9 Å². The molecular formula is C66H68N3OPt-. The average molecular weight is 1120 g/mol. The first kappa shape index (κ1) is 44.6. The largest absolute Gasteiger partial charge is 0.507 e. The van der Waals surface area contributed by atoms with Gasteiger partial charge in [-0.25, -0.2) is 4.98 Å². The number of rotatable bonds is 10. The maximum Gasteiger partial charge on any atom is 0.148 e. The van der Waals surface area contributed by atoms with Crippen LogP contribution in [0.1, 0.15) is 141 Å². The van der Waals surface area contributed by atoms with Gasteiger partial charge in [0.1, 0.15) is 11.6 Å². The second kappa shape index (κ2) is 20.0. The Morgan fingerprint density at radius 1 is 0.577 bits per heavy atom. The zero-order valence-electron chi connectivity index (χ0n) is 48.1. The van der Waals surface area contributed by atoms with Gasteiger partial charge in [-0.1, -0.05) is 203 Å². The summed E-state index contributed by atoms with van der Waals surface area (Å²) in [5.41, 5.74) is 14.7. The molecule has 364 valence electrons. The van der Waals surface area contributed by atoms with Crippen molar-refractivity contribution in [2.45, 2.75) is 118 Å². The molecule has 4 nitrogen and oxygen atoms in total. The van der Waals surface area contributed by atoms with Crippen molar-refractivity contribution in [3.8, 4) is 78.6 Å². The number of imidazole rings is 1. The fraction of sp³-hybridized carbons (Fsp3) is 0.273. The van der Waals surface area contributed by atoms with Crippen molar-refractivity contribution >= 4 is 11.0 Å². The first-order valence-corrected chi connectivity index (χ1v) is 24.5. The van der Waals surface area contributed by atoms with Crippen molar-refractivity contribution in [2.24, 2.45) is 0 Å². The molecule has 7 aromatic carbocycles. The molecule has 0 fully saturated rings. The predicted octanol–water partition coefficient (Wildman–Crippen LogP) is 18.2. The monoisotopic (exact) mass is 1120 g/mol. The molecule has 0 unspecified atom stereocenters. The molecule has 0 spiro atoms. The smallest absolute Gasteiger partial charge is 0.148 e. The van der Waals surface area contributed by atoms with Gasteiger partial charge in [0.25, 0.3) is 0 Å². The maximum absolute atomic E-state index is 12.6. The molecule has 0 saturated heterocycles. The summed E-state index contributed by atoms with van der Waals surface area (Å²) in [5, 5.41) is 12.6. The Labute approximate surface area is 444 Å². The summed E-state index contributed by atoms with van der Waals surface area (Å²) in [6, 6.07) is 52.3. The summed E-state index contributed by atoms with van der Waals surface area (Å²) in [6.07, 6.45) is 1.82. The minimum atomic E-state index is -2.58. The van der Waals surface area contributed by atoms with Gasteiger partial charge in [-0.3, -0.25) is 9.55 Å². The third-order valence-electron chi connectivity index (χ3n) is 13.6. The van der Waals surface area contributed by atoms with Crippen LogP contribution in [0.2, 0.25) is 0 Å². The van der Waals surface area contributed by atoms with E-state index in [1.165, 1.54) is 0 Å². The van der Waals surface area contributed by atoms with E-state index in [2.05, 4.69) is 122 Å². The minimum Gasteiger partial charge on any atom is -0.507 e. The molecule has 5 heteroatoms. The molecule has 9 aromatic rings. The third-order valence-corrected chi connectivity index (χ3v) is 13.6. The van der Waals surface area contributed by atoms with E-state index in [0.717, 1.165) is 83.6 Å². The van der Waals surface area contributed by atoms with Crippen LogP contribution in [0, 0.1) is 12.9 Å². The third kappa shape index (κ3) is 10.4. The van der Waals surface area contributed by atoms with E-state index >= 15 is 0 Å². The number of benzene rings is 7. The van der Waals surface area contributed by atoms with E-state index in [1.54, 1.807) is 6.07 Å². The number of aromatic hydroxyl groups is 1. The van der Waals surface area contributed by atoms with E-state index in [-0.39, 0.29) is 43.7 Å². The second-order valence-electron chi connectivity index (χ2n) is 21.7. The number of fused-ring (bicyclic) bond motifs is 1. The Morgan fingerprint density at radius 2 is 1.23 bits per heavy atom. The van der Waals surface area contributed by atoms with Gasteiger partial charge < -0.3 is 5.11 Å². The molecule has 2 aromatic heterocycles. The molecule has 0 aliphatic heterocycles. The minimum absolute atomic E-state index is 0. The molecular weight excluding hydrogens is 1050 g/mol. The zero-order valence-corrected chi connectivity index (χ0v) is 45.4. The summed E-state index contributed by atoms with van der Waals surface area (Å²) < 4.78 is 47.0. The topological polar surface area (TPSA) is 50.9 Å². The summed E-state index contributed by atoms with van der Waals surface area (Å²) in [4.78, 5) is 10.5. The summed E-state index contributed by atoms with van der Waals surface area (Å²) >= 11 is 0. The van der Waals surface area contributed by atoms with E-state index in [9.17, 15) is 9.22 Å². The molecule has 71 heavy (non-hydrogen) atoms. The van der Waals surface area contributed by atoms with Gasteiger partial charge in [-0.15, -0.1) is 23.8 Å². The summed E-state index contributed by atoms with van der Waals surface area (Å²) in [5.74, 6) is -0.924. The van der Waals surface area contributed by atoms with Crippen molar-refractivity contribution in [2.75, 3.05) is 0 Å². The number of pyridine rings is 1. The molecule has 0 amide bonds. The molecule has 2 heterocycles. The second-order valence-corrected chi connectivity index (χ2v) is 21.7. The Kier molecular flexibility index (Phi) is 12.6. The van der Waals surface area contributed by atoms with Crippen molar-refractivity contribution in [1.29, 1.82) is 0 Å². The number of aromatic nitrogens is 3. The van der Waals surface area contributed by atoms with Crippen molar-refractivity contribution in [3.63, 3.8) is 0 Å². The molecule has 0 atom stereocenters. The zero-order chi connectivity index (χ0) is 54.2. The number of nitrogens with zero attached hydrogens (tertiary/aromatic N) is 3. The fourth-order valence-corrected chi connectivity index (χ4v) is 9.31. The molecule has 1 N–H and O–H groups in total. The van der Waals surface area contributed by atoms with Crippen LogP contribution in [0.5, 0.6) is 5.75 Å². The number of para-hydroxylation sites is 1. The summed E-state index contributed by atoms with van der Waals surface area (Å²) in [6.45, 7) is 21.9. The van der Waals surface area contributed by atoms with E-state index < -0.39 is 24.1 Å². The first-order valence-electron chi connectivity index (χ1n) is 27.0. The van der Waals surface area contributed by atoms with Crippen LogP contribution >= 0.6 is 0 Å². The molecule has 0 bridgehead atoms. The molecule has 9 rings (SSSR count). The quantitative estimate of drug-likeness (QED) is 0.139. The number of hydrogen-bond acceptors (Lipinski definition) is 3. The van der Waals surface area contributed by atoms with Gasteiger partial charge in [-0.2, -0.15) is 0 Å². The van der Waals surface area contributed by atoms with E-state index in [4.69, 9.17) is 12.7 Å². The fourth-order valence-electron chi connectivity index (χ4n) is 9.31. The first-order chi connectivity index (χ1) is 35.1. The SMILES string of the molecule is [2H]C([2H])([2H])c1cc(-c2cc(C(C)C)cc(C([2H])(C)C)c2)ccc1-n1c(-c2cc(C(C)(C)C)cc(C(C)(C)C)c2O)nc2c(-c3[c-]c(-c4cc(-c5ccc(C([2H])(C)C)cc5)ccn4)cc(-c4ccccc4)c3)cccc21.[Pt]. The van der Waals surface area contributed by atoms with Crippen LogP contribution < -0.4 is 0 Å². The van der Waals surface area contributed by atoms with E-state index in [0.29, 0.717) is 28.1 Å². The van der Waals surface area contributed by atoms with Crippen LogP contribution in [0.3, 0.4) is 0 Å². The van der Waals surface area contributed by atoms with Crippen LogP contribution in [0.4, 0.5) is 0 Å². The standard InChI is InChI=1S/C66H68N3O.Pt/c1-40(2)44-22-24-46(25-23-44)48-28-29-67-59(37-48)54-35-51(45-18-15-14-16-19-45)34-53(36-54)56-20-17-21-61-62(56)68-64(57-38-55(65(8,9)10)39-58(63(57)70)66(11,12)13)69(61)60-27-26-47(30-43(60)7)52-32-49(41(3)4)31-50(33-52)42(5)6;/h14-35,37-42,70H,1-13H3;/q-1;/i7D3,40D,41D;. The number of phenols is 1.